The maximum Gasteiger partial charge on any atom is 0.219 e. The lowest BCUT2D eigenvalue weighted by molar-refractivity contribution is -0.147. The number of hydrogen-bond acceptors (Lipinski definition) is 8. The Kier molecular flexibility index (Phi) is 5.45. The first kappa shape index (κ1) is 22.6. The van der Waals surface area contributed by atoms with Gasteiger partial charge in [0, 0.05) is 42.9 Å². The fourth-order valence-corrected chi connectivity index (χ4v) is 6.54. The maximum absolute atomic E-state index is 11.9. The van der Waals surface area contributed by atoms with Gasteiger partial charge in [-0.15, -0.1) is 10.2 Å². The third kappa shape index (κ3) is 3.80. The minimum atomic E-state index is 0.180. The number of amides is 1. The van der Waals surface area contributed by atoms with Gasteiger partial charge in [0.15, 0.2) is 5.01 Å². The van der Waals surface area contributed by atoms with Crippen molar-refractivity contribution in [3.63, 3.8) is 0 Å². The Morgan fingerprint density at radius 3 is 2.69 bits per heavy atom. The van der Waals surface area contributed by atoms with Gasteiger partial charge in [0.1, 0.15) is 11.1 Å². The summed E-state index contributed by atoms with van der Waals surface area (Å²) in [4.78, 5) is 18.7. The molecule has 2 unspecified atom stereocenters. The molecule has 3 aliphatic rings. The van der Waals surface area contributed by atoms with E-state index in [1.807, 2.05) is 35.4 Å². The van der Waals surface area contributed by atoms with E-state index in [1.165, 1.54) is 0 Å². The molecule has 1 saturated carbocycles. The molecule has 4 aromatic heterocycles. The van der Waals surface area contributed by atoms with Crippen LogP contribution in [0.15, 0.2) is 36.7 Å². The highest BCUT2D eigenvalue weighted by molar-refractivity contribution is 7.14. The molecule has 2 bridgehead atoms. The number of rotatable bonds is 5. The van der Waals surface area contributed by atoms with Crippen LogP contribution in [0.5, 0.6) is 0 Å². The average molecular weight is 499 g/mol. The van der Waals surface area contributed by atoms with Crippen LogP contribution in [0, 0.1) is 11.3 Å². The van der Waals surface area contributed by atoms with Gasteiger partial charge in [0.05, 0.1) is 34.2 Å². The number of fused-ring (bicyclic) bond motifs is 3. The summed E-state index contributed by atoms with van der Waals surface area (Å²) in [6.07, 6.45) is 6.44. The second kappa shape index (κ2) is 8.68. The second-order valence-corrected chi connectivity index (χ2v) is 10.9. The summed E-state index contributed by atoms with van der Waals surface area (Å²) in [5.74, 6) is 0.528. The normalized spacial score (nSPS) is 20.9. The van der Waals surface area contributed by atoms with Crippen LogP contribution in [0.3, 0.4) is 0 Å². The molecule has 1 amide bonds. The summed E-state index contributed by atoms with van der Waals surface area (Å²) < 4.78 is 1.80. The first-order valence-corrected chi connectivity index (χ1v) is 13.0. The number of nitrogens with one attached hydrogen (secondary N) is 1. The molecule has 0 spiro atoms. The predicted octanol–water partition coefficient (Wildman–Crippen LogP) is 4.47. The zero-order valence-corrected chi connectivity index (χ0v) is 21.2. The van der Waals surface area contributed by atoms with Crippen molar-refractivity contribution < 1.29 is 4.79 Å². The summed E-state index contributed by atoms with van der Waals surface area (Å²) in [7, 11) is 0. The minimum Gasteiger partial charge on any atom is -0.382 e. The average Bonchev–Trinajstić information content (AvgIpc) is 3.50. The minimum absolute atomic E-state index is 0.180. The van der Waals surface area contributed by atoms with Gasteiger partial charge < -0.3 is 10.2 Å². The summed E-state index contributed by atoms with van der Waals surface area (Å²) in [5.41, 5.74) is 4.85. The molecule has 2 atom stereocenters. The number of nitrogens with zero attached hydrogens (tertiary/aromatic N) is 7. The van der Waals surface area contributed by atoms with Crippen molar-refractivity contribution >= 4 is 28.4 Å². The molecule has 182 valence electrons. The highest BCUT2D eigenvalue weighted by Crippen LogP contribution is 2.47. The molecule has 1 N–H and O–H groups in total. The largest absolute Gasteiger partial charge is 0.382 e. The van der Waals surface area contributed by atoms with Crippen LogP contribution in [-0.2, 0) is 4.79 Å². The van der Waals surface area contributed by atoms with Crippen molar-refractivity contribution in [3.8, 4) is 28.0 Å². The molecule has 9 nitrogen and oxygen atoms in total. The highest BCUT2D eigenvalue weighted by Gasteiger charge is 2.47. The molecule has 6 heterocycles. The van der Waals surface area contributed by atoms with Crippen LogP contribution in [0.25, 0.3) is 27.5 Å². The van der Waals surface area contributed by atoms with E-state index < -0.39 is 0 Å². The van der Waals surface area contributed by atoms with Crippen LogP contribution >= 0.6 is 11.3 Å². The van der Waals surface area contributed by atoms with Gasteiger partial charge in [-0.3, -0.25) is 9.78 Å². The Labute approximate surface area is 212 Å². The molecule has 2 saturated heterocycles. The predicted molar refractivity (Wildman–Crippen MR) is 137 cm³/mol. The monoisotopic (exact) mass is 498 g/mol. The molecular weight excluding hydrogens is 472 g/mol. The van der Waals surface area contributed by atoms with Gasteiger partial charge in [-0.25, -0.2) is 4.52 Å². The van der Waals surface area contributed by atoms with E-state index in [4.69, 9.17) is 10.2 Å². The summed E-state index contributed by atoms with van der Waals surface area (Å²) in [6, 6.07) is 10.8. The van der Waals surface area contributed by atoms with E-state index in [1.54, 1.807) is 29.0 Å². The van der Waals surface area contributed by atoms with Gasteiger partial charge >= 0.3 is 0 Å². The number of anilines is 1. The van der Waals surface area contributed by atoms with Crippen LogP contribution in [0.4, 0.5) is 5.69 Å². The van der Waals surface area contributed by atoms with E-state index in [-0.39, 0.29) is 11.9 Å². The Bertz CT molecular complexity index is 1500. The number of piperidine rings is 1. The molecule has 0 radical (unpaired) electrons. The van der Waals surface area contributed by atoms with Gasteiger partial charge in [-0.2, -0.15) is 10.4 Å². The Hall–Kier alpha value is -3.84. The van der Waals surface area contributed by atoms with Crippen molar-refractivity contribution in [2.75, 3.05) is 5.32 Å². The van der Waals surface area contributed by atoms with Crippen molar-refractivity contribution in [3.05, 3.63) is 47.2 Å². The lowest BCUT2D eigenvalue weighted by atomic mass is 9.74. The number of pyridine rings is 1. The van der Waals surface area contributed by atoms with E-state index in [0.717, 1.165) is 57.4 Å². The van der Waals surface area contributed by atoms with Crippen molar-refractivity contribution in [1.29, 1.82) is 5.26 Å². The van der Waals surface area contributed by atoms with Gasteiger partial charge in [0.25, 0.3) is 0 Å². The lowest BCUT2D eigenvalue weighted by Gasteiger charge is -2.54. The Morgan fingerprint density at radius 1 is 1.17 bits per heavy atom. The fraction of sp³-hybridized carbons (Fsp3) is 0.385. The van der Waals surface area contributed by atoms with Gasteiger partial charge in [-0.1, -0.05) is 11.3 Å². The smallest absolute Gasteiger partial charge is 0.219 e. The van der Waals surface area contributed by atoms with Crippen LogP contribution in [0.1, 0.15) is 56.5 Å². The SMILES string of the molecule is CC(=O)N1C2CC(c3nnc(-c4cnc(-c5ccc6cc(C#N)cnn56)cc4NC(C)C)s3)CC1C2. The molecule has 7 rings (SSSR count). The van der Waals surface area contributed by atoms with Crippen LogP contribution in [0.2, 0.25) is 0 Å². The Morgan fingerprint density at radius 2 is 1.97 bits per heavy atom. The molecule has 4 aromatic rings. The summed E-state index contributed by atoms with van der Waals surface area (Å²) in [6.45, 7) is 5.86. The third-order valence-corrected chi connectivity index (χ3v) is 8.19. The molecular formula is C26H26N8OS. The number of aromatic nitrogens is 5. The lowest BCUT2D eigenvalue weighted by Crippen LogP contribution is -2.61. The molecule has 0 aromatic carbocycles. The first-order chi connectivity index (χ1) is 17.4. The molecule has 2 aliphatic heterocycles. The van der Waals surface area contributed by atoms with Crippen molar-refractivity contribution in [1.82, 2.24) is 29.7 Å². The zero-order valence-electron chi connectivity index (χ0n) is 20.3. The zero-order chi connectivity index (χ0) is 25.0. The van der Waals surface area contributed by atoms with Crippen LogP contribution in [-0.4, -0.2) is 53.7 Å². The maximum atomic E-state index is 11.9. The number of carbonyl (C=O) groups is 1. The number of nitriles is 1. The summed E-state index contributed by atoms with van der Waals surface area (Å²) in [5, 5.41) is 28.1. The third-order valence-electron chi connectivity index (χ3n) is 7.07. The van der Waals surface area contributed by atoms with Crippen molar-refractivity contribution in [2.45, 2.75) is 64.1 Å². The highest BCUT2D eigenvalue weighted by atomic mass is 32.1. The standard InChI is InChI=1S/C26H26N8OS/c1-14(2)30-22-10-23(24-5-4-18-6-16(11-27)12-29-34(18)24)28-13-21(22)26-32-31-25(36-26)17-7-19-9-20(8-17)33(19)15(3)35/h4-6,10,12-14,17,19-20H,7-9H2,1-3H3,(H,28,30). The second-order valence-electron chi connectivity index (χ2n) is 9.91. The quantitative estimate of drug-likeness (QED) is 0.432. The van der Waals surface area contributed by atoms with E-state index in [0.29, 0.717) is 23.6 Å². The molecule has 3 fully saturated rings. The summed E-state index contributed by atoms with van der Waals surface area (Å²) >= 11 is 1.62. The fourth-order valence-electron chi connectivity index (χ4n) is 5.55. The molecule has 1 aliphatic carbocycles. The van der Waals surface area contributed by atoms with Crippen LogP contribution < -0.4 is 5.32 Å². The van der Waals surface area contributed by atoms with Gasteiger partial charge in [-0.05, 0) is 57.4 Å². The number of hydrogen-bond donors (Lipinski definition) is 1. The van der Waals surface area contributed by atoms with E-state index >= 15 is 0 Å². The first-order valence-electron chi connectivity index (χ1n) is 12.2. The Balaban J connectivity index is 1.31. The van der Waals surface area contributed by atoms with Gasteiger partial charge in [0.2, 0.25) is 5.91 Å². The van der Waals surface area contributed by atoms with E-state index in [2.05, 4.69) is 40.5 Å². The van der Waals surface area contributed by atoms with E-state index in [9.17, 15) is 4.79 Å². The topological polar surface area (TPSA) is 112 Å². The molecule has 36 heavy (non-hydrogen) atoms. The number of carbonyl (C=O) groups excluding carboxylic acids is 1. The van der Waals surface area contributed by atoms with Crippen molar-refractivity contribution in [2.24, 2.45) is 0 Å². The molecule has 10 heteroatoms.